The van der Waals surface area contributed by atoms with Crippen LogP contribution in [-0.2, 0) is 0 Å². The highest BCUT2D eigenvalue weighted by Gasteiger charge is 2.11. The molecule has 0 aliphatic heterocycles. The monoisotopic (exact) mass is 290 g/mol. The van der Waals surface area contributed by atoms with Crippen LogP contribution in [0.5, 0.6) is 0 Å². The first-order chi connectivity index (χ1) is 7.15. The zero-order chi connectivity index (χ0) is 11.3. The Balaban J connectivity index is 2.68. The van der Waals surface area contributed by atoms with Crippen LogP contribution in [0.1, 0.15) is 23.7 Å². The molecule has 1 aromatic carbocycles. The third-order valence-corrected chi connectivity index (χ3v) is 3.47. The van der Waals surface area contributed by atoms with E-state index < -0.39 is 5.82 Å². The number of hydrogen-bond acceptors (Lipinski definition) is 2. The van der Waals surface area contributed by atoms with Crippen LogP contribution >= 0.6 is 27.7 Å². The number of ketones is 1. The first-order valence-corrected chi connectivity index (χ1v) is 6.66. The molecular formula is C11H12BrFOS. The van der Waals surface area contributed by atoms with E-state index in [0.29, 0.717) is 5.75 Å². The second-order valence-corrected chi connectivity index (χ2v) is 5.12. The Labute approximate surface area is 102 Å². The fourth-order valence-electron chi connectivity index (χ4n) is 1.10. The standard InChI is InChI=1S/C11H12BrFOS/c1-2-5-15-7-11(14)9-6-8(12)3-4-10(9)13/h3-4,6H,2,5,7H2,1H3. The van der Waals surface area contributed by atoms with E-state index in [1.807, 2.05) is 0 Å². The summed E-state index contributed by atoms with van der Waals surface area (Å²) in [6.07, 6.45) is 1.03. The molecule has 15 heavy (non-hydrogen) atoms. The van der Waals surface area contributed by atoms with Crippen LogP contribution in [0.15, 0.2) is 22.7 Å². The summed E-state index contributed by atoms with van der Waals surface area (Å²) in [4.78, 5) is 11.6. The largest absolute Gasteiger partial charge is 0.293 e. The zero-order valence-electron chi connectivity index (χ0n) is 8.43. The van der Waals surface area contributed by atoms with Gasteiger partial charge in [0.1, 0.15) is 5.82 Å². The predicted molar refractivity (Wildman–Crippen MR) is 66.0 cm³/mol. The van der Waals surface area contributed by atoms with Gasteiger partial charge in [-0.05, 0) is 30.4 Å². The highest BCUT2D eigenvalue weighted by atomic mass is 79.9. The highest BCUT2D eigenvalue weighted by Crippen LogP contribution is 2.17. The molecule has 0 spiro atoms. The Kier molecular flexibility index (Phi) is 5.32. The molecule has 0 saturated heterocycles. The number of halogens is 2. The molecule has 1 nitrogen and oxygen atoms in total. The maximum Gasteiger partial charge on any atom is 0.175 e. The molecule has 4 heteroatoms. The molecular weight excluding hydrogens is 279 g/mol. The summed E-state index contributed by atoms with van der Waals surface area (Å²) in [6.45, 7) is 2.05. The van der Waals surface area contributed by atoms with Crippen molar-refractivity contribution < 1.29 is 9.18 Å². The quantitative estimate of drug-likeness (QED) is 0.604. The van der Waals surface area contributed by atoms with E-state index in [4.69, 9.17) is 0 Å². The van der Waals surface area contributed by atoms with E-state index in [1.165, 1.54) is 23.9 Å². The van der Waals surface area contributed by atoms with Gasteiger partial charge in [-0.25, -0.2) is 4.39 Å². The van der Waals surface area contributed by atoms with Crippen molar-refractivity contribution in [3.63, 3.8) is 0 Å². The average Bonchev–Trinajstić information content (AvgIpc) is 2.22. The molecule has 0 fully saturated rings. The van der Waals surface area contributed by atoms with Crippen LogP contribution in [0, 0.1) is 5.82 Å². The van der Waals surface area contributed by atoms with Gasteiger partial charge in [0.2, 0.25) is 0 Å². The number of thioether (sulfide) groups is 1. The summed E-state index contributed by atoms with van der Waals surface area (Å²) in [5.74, 6) is 0.690. The molecule has 1 rings (SSSR count). The van der Waals surface area contributed by atoms with Crippen LogP contribution in [0.4, 0.5) is 4.39 Å². The minimum absolute atomic E-state index is 0.146. The van der Waals surface area contributed by atoms with Crippen LogP contribution in [0.25, 0.3) is 0 Å². The Bertz CT molecular complexity index is 354. The Morgan fingerprint density at radius 1 is 1.53 bits per heavy atom. The minimum Gasteiger partial charge on any atom is -0.293 e. The lowest BCUT2D eigenvalue weighted by molar-refractivity contribution is 0.101. The van der Waals surface area contributed by atoms with Crippen molar-refractivity contribution in [2.24, 2.45) is 0 Å². The number of benzene rings is 1. The fourth-order valence-corrected chi connectivity index (χ4v) is 2.23. The molecule has 0 amide bonds. The summed E-state index contributed by atoms with van der Waals surface area (Å²) in [6, 6.07) is 4.43. The van der Waals surface area contributed by atoms with E-state index in [9.17, 15) is 9.18 Å². The lowest BCUT2D eigenvalue weighted by Gasteiger charge is -2.02. The van der Waals surface area contributed by atoms with E-state index in [-0.39, 0.29) is 11.3 Å². The molecule has 0 saturated carbocycles. The lowest BCUT2D eigenvalue weighted by Crippen LogP contribution is -2.05. The average molecular weight is 291 g/mol. The van der Waals surface area contributed by atoms with Crippen molar-refractivity contribution in [3.8, 4) is 0 Å². The normalized spacial score (nSPS) is 10.3. The number of Topliss-reactive ketones (excluding diaryl/α,β-unsaturated/α-hetero) is 1. The van der Waals surface area contributed by atoms with Crippen molar-refractivity contribution >= 4 is 33.5 Å². The summed E-state index contributed by atoms with van der Waals surface area (Å²) in [7, 11) is 0. The second kappa shape index (κ2) is 6.28. The Hall–Kier alpha value is -0.350. The second-order valence-electron chi connectivity index (χ2n) is 3.10. The minimum atomic E-state index is -0.444. The van der Waals surface area contributed by atoms with E-state index in [2.05, 4.69) is 22.9 Å². The van der Waals surface area contributed by atoms with Gasteiger partial charge < -0.3 is 0 Å². The smallest absolute Gasteiger partial charge is 0.175 e. The van der Waals surface area contributed by atoms with Gasteiger partial charge in [0, 0.05) is 4.47 Å². The van der Waals surface area contributed by atoms with E-state index >= 15 is 0 Å². The van der Waals surface area contributed by atoms with Crippen LogP contribution in [0.3, 0.4) is 0 Å². The van der Waals surface area contributed by atoms with Gasteiger partial charge >= 0.3 is 0 Å². The van der Waals surface area contributed by atoms with Crippen molar-refractivity contribution in [2.75, 3.05) is 11.5 Å². The molecule has 0 atom stereocenters. The SMILES string of the molecule is CCCSCC(=O)c1cc(Br)ccc1F. The van der Waals surface area contributed by atoms with Crippen LogP contribution in [-0.4, -0.2) is 17.3 Å². The third kappa shape index (κ3) is 3.95. The fraction of sp³-hybridized carbons (Fsp3) is 0.364. The molecule has 0 radical (unpaired) electrons. The number of carbonyl (C=O) groups is 1. The molecule has 0 aromatic heterocycles. The maximum atomic E-state index is 13.3. The van der Waals surface area contributed by atoms with Gasteiger partial charge in [-0.1, -0.05) is 22.9 Å². The van der Waals surface area contributed by atoms with Crippen LogP contribution < -0.4 is 0 Å². The van der Waals surface area contributed by atoms with Crippen LogP contribution in [0.2, 0.25) is 0 Å². The summed E-state index contributed by atoms with van der Waals surface area (Å²) >= 11 is 4.76. The van der Waals surface area contributed by atoms with Gasteiger partial charge in [0.25, 0.3) is 0 Å². The van der Waals surface area contributed by atoms with Crippen molar-refractivity contribution in [1.82, 2.24) is 0 Å². The molecule has 0 aliphatic carbocycles. The van der Waals surface area contributed by atoms with E-state index in [0.717, 1.165) is 16.6 Å². The molecule has 0 N–H and O–H groups in total. The van der Waals surface area contributed by atoms with Crippen molar-refractivity contribution in [3.05, 3.63) is 34.1 Å². The number of carbonyl (C=O) groups excluding carboxylic acids is 1. The Morgan fingerprint density at radius 2 is 2.27 bits per heavy atom. The number of hydrogen-bond donors (Lipinski definition) is 0. The summed E-state index contributed by atoms with van der Waals surface area (Å²) < 4.78 is 14.0. The van der Waals surface area contributed by atoms with Gasteiger partial charge in [-0.3, -0.25) is 4.79 Å². The van der Waals surface area contributed by atoms with Gasteiger partial charge in [0.05, 0.1) is 11.3 Å². The van der Waals surface area contributed by atoms with Gasteiger partial charge in [0.15, 0.2) is 5.78 Å². The van der Waals surface area contributed by atoms with Gasteiger partial charge in [-0.2, -0.15) is 11.8 Å². The molecule has 82 valence electrons. The van der Waals surface area contributed by atoms with Crippen molar-refractivity contribution in [2.45, 2.75) is 13.3 Å². The van der Waals surface area contributed by atoms with E-state index in [1.54, 1.807) is 6.07 Å². The van der Waals surface area contributed by atoms with Crippen molar-refractivity contribution in [1.29, 1.82) is 0 Å². The molecule has 0 unspecified atom stereocenters. The lowest BCUT2D eigenvalue weighted by atomic mass is 10.1. The maximum absolute atomic E-state index is 13.3. The first kappa shape index (κ1) is 12.7. The molecule has 0 bridgehead atoms. The topological polar surface area (TPSA) is 17.1 Å². The zero-order valence-corrected chi connectivity index (χ0v) is 10.8. The summed E-state index contributed by atoms with van der Waals surface area (Å²) in [5.41, 5.74) is 0.174. The summed E-state index contributed by atoms with van der Waals surface area (Å²) in [5, 5.41) is 0. The van der Waals surface area contributed by atoms with Gasteiger partial charge in [-0.15, -0.1) is 0 Å². The predicted octanol–water partition coefficient (Wildman–Crippen LogP) is 3.91. The third-order valence-electron chi connectivity index (χ3n) is 1.81. The Morgan fingerprint density at radius 3 is 2.93 bits per heavy atom. The first-order valence-electron chi connectivity index (χ1n) is 4.71. The molecule has 0 aliphatic rings. The molecule has 0 heterocycles. The molecule has 1 aromatic rings. The number of rotatable bonds is 5. The highest BCUT2D eigenvalue weighted by molar-refractivity contribution is 9.10.